The zero-order chi connectivity index (χ0) is 56.0. The van der Waals surface area contributed by atoms with E-state index in [4.69, 9.17) is 33.3 Å². The number of carbonyl (C=O) groups is 3. The van der Waals surface area contributed by atoms with Crippen LogP contribution in [0.2, 0.25) is 0 Å². The molecule has 0 bridgehead atoms. The largest absolute Gasteiger partial charge is 0.382 e. The third kappa shape index (κ3) is 17.5. The van der Waals surface area contributed by atoms with Crippen LogP contribution >= 0.6 is 0 Å². The fourth-order valence-corrected chi connectivity index (χ4v) is 11.1. The SMILES string of the molecule is COCCOCCOCCOCCOCCN1C(=CC=CC2=[N+](CCOCCC(=O)ON3C(=O)CCC3=O)c3ccc(S(=O)(=O)O)cc3C2(C)CCCS(=O)(=O)O)C(C)(CCCS(=O)(=O)O)c2cc(S(=O)(=O)O)ccc21. The number of rotatable bonds is 34. The van der Waals surface area contributed by atoms with E-state index in [1.807, 2.05) is 4.90 Å². The van der Waals surface area contributed by atoms with Gasteiger partial charge in [-0.2, -0.15) is 38.2 Å². The standard InChI is InChI=1S/C47H65N3O22S4/c1-46(16-5-31-73(54,55)56)37-33-35(75(60,61)62)9-11-39(37)48(18-21-67-20-15-45(53)72-50-43(51)13-14-44(50)52)41(46)7-4-8-42-47(2,17-6-32-74(57,58)59)38-34-36(76(63,64)65)10-12-40(38)49(42)19-22-68-25-26-70-29-30-71-28-27-69-24-23-66-3/h4,7-12,33-34H,5-6,13-32H2,1-3H3,(H3-,54,55,56,57,58,59,60,61,62,63,64,65)/p+1. The summed E-state index contributed by atoms with van der Waals surface area (Å²) in [5, 5.41) is 0.410. The molecule has 0 spiro atoms. The highest BCUT2D eigenvalue weighted by atomic mass is 32.2. The summed E-state index contributed by atoms with van der Waals surface area (Å²) in [4.78, 5) is 42.2. The van der Waals surface area contributed by atoms with Crippen molar-refractivity contribution in [1.29, 1.82) is 0 Å². The maximum absolute atomic E-state index is 12.5. The molecule has 0 aromatic heterocycles. The topological polar surface area (TPSA) is 343 Å². The van der Waals surface area contributed by atoms with Crippen LogP contribution in [0, 0.1) is 0 Å². The van der Waals surface area contributed by atoms with Crippen molar-refractivity contribution in [2.45, 2.75) is 79.4 Å². The number of ether oxygens (including phenoxy) is 6. The Labute approximate surface area is 442 Å². The number of fused-ring (bicyclic) bond motifs is 2. The Morgan fingerprint density at radius 2 is 1.16 bits per heavy atom. The first-order valence-electron chi connectivity index (χ1n) is 24.1. The lowest BCUT2D eigenvalue weighted by Gasteiger charge is -2.30. The third-order valence-electron chi connectivity index (χ3n) is 12.8. The van der Waals surface area contributed by atoms with Gasteiger partial charge in [-0.3, -0.25) is 27.8 Å². The number of amides is 2. The van der Waals surface area contributed by atoms with E-state index in [2.05, 4.69) is 0 Å². The highest BCUT2D eigenvalue weighted by molar-refractivity contribution is 7.86. The Morgan fingerprint density at radius 3 is 1.70 bits per heavy atom. The number of allylic oxidation sites excluding steroid dienone is 4. The van der Waals surface area contributed by atoms with Gasteiger partial charge in [0.1, 0.15) is 6.61 Å². The third-order valence-corrected chi connectivity index (χ3v) is 16.1. The second-order valence-corrected chi connectivity index (χ2v) is 24.2. The van der Waals surface area contributed by atoms with Crippen molar-refractivity contribution < 1.29 is 104 Å². The van der Waals surface area contributed by atoms with E-state index in [0.29, 0.717) is 72.0 Å². The zero-order valence-electron chi connectivity index (χ0n) is 42.4. The molecule has 2 unspecified atom stereocenters. The van der Waals surface area contributed by atoms with Gasteiger partial charge in [0, 0.05) is 61.0 Å². The number of carbonyl (C=O) groups excluding carboxylic acids is 3. The van der Waals surface area contributed by atoms with Gasteiger partial charge >= 0.3 is 5.97 Å². The number of anilines is 1. The number of hydroxylamine groups is 2. The first kappa shape index (κ1) is 62.2. The van der Waals surface area contributed by atoms with Crippen molar-refractivity contribution in [2.24, 2.45) is 0 Å². The van der Waals surface area contributed by atoms with Gasteiger partial charge in [0.15, 0.2) is 12.3 Å². The van der Waals surface area contributed by atoms with Crippen LogP contribution in [0.25, 0.3) is 0 Å². The minimum Gasteiger partial charge on any atom is -0.382 e. The summed E-state index contributed by atoms with van der Waals surface area (Å²) in [6, 6.07) is 7.85. The van der Waals surface area contributed by atoms with Crippen molar-refractivity contribution in [3.63, 3.8) is 0 Å². The molecule has 424 valence electrons. The van der Waals surface area contributed by atoms with Crippen LogP contribution < -0.4 is 4.90 Å². The van der Waals surface area contributed by atoms with Gasteiger partial charge < -0.3 is 38.2 Å². The molecule has 4 N–H and O–H groups in total. The Kier molecular flexibility index (Phi) is 22.4. The number of nitrogens with zero attached hydrogens (tertiary/aromatic N) is 3. The molecule has 5 rings (SSSR count). The van der Waals surface area contributed by atoms with E-state index >= 15 is 0 Å². The minimum absolute atomic E-state index is 0.0101. The van der Waals surface area contributed by atoms with Gasteiger partial charge in [-0.15, -0.1) is 5.06 Å². The molecule has 1 saturated heterocycles. The maximum Gasteiger partial charge on any atom is 0.335 e. The predicted molar refractivity (Wildman–Crippen MR) is 271 cm³/mol. The molecule has 0 aliphatic carbocycles. The van der Waals surface area contributed by atoms with Crippen molar-refractivity contribution in [1.82, 2.24) is 5.06 Å². The molecule has 2 amide bonds. The molecule has 1 fully saturated rings. The summed E-state index contributed by atoms with van der Waals surface area (Å²) in [6.07, 6.45) is 4.20. The molecular formula is C47H66N3O22S4+. The van der Waals surface area contributed by atoms with Gasteiger partial charge in [0.2, 0.25) is 5.69 Å². The van der Waals surface area contributed by atoms with Crippen LogP contribution in [0.4, 0.5) is 11.4 Å². The van der Waals surface area contributed by atoms with Crippen LogP contribution in [0.5, 0.6) is 0 Å². The number of hydrogen-bond acceptors (Lipinski definition) is 19. The number of benzene rings is 2. The summed E-state index contributed by atoms with van der Waals surface area (Å²) in [7, 11) is -16.9. The summed E-state index contributed by atoms with van der Waals surface area (Å²) in [5.74, 6) is -3.53. The fraction of sp³-hybridized carbons (Fsp3) is 0.574. The van der Waals surface area contributed by atoms with Crippen LogP contribution in [-0.2, 0) is 98.9 Å². The van der Waals surface area contributed by atoms with E-state index < -0.39 is 90.4 Å². The average Bonchev–Trinajstić information content (AvgIpc) is 3.85. The van der Waals surface area contributed by atoms with Gasteiger partial charge in [-0.25, -0.2) is 4.79 Å². The van der Waals surface area contributed by atoms with Crippen LogP contribution in [-0.4, -0.2) is 189 Å². The second-order valence-electron chi connectivity index (χ2n) is 18.2. The average molecular weight is 1150 g/mol. The quantitative estimate of drug-likeness (QED) is 0.0339. The van der Waals surface area contributed by atoms with Gasteiger partial charge in [-0.05, 0) is 81.5 Å². The van der Waals surface area contributed by atoms with E-state index in [1.54, 1.807) is 43.8 Å². The Balaban J connectivity index is 1.50. The van der Waals surface area contributed by atoms with Crippen LogP contribution in [0.1, 0.15) is 69.9 Å². The van der Waals surface area contributed by atoms with Crippen molar-refractivity contribution in [3.8, 4) is 0 Å². The maximum atomic E-state index is 12.5. The van der Waals surface area contributed by atoms with E-state index in [0.717, 1.165) is 0 Å². The van der Waals surface area contributed by atoms with Gasteiger partial charge in [0.05, 0.1) is 99.2 Å². The molecule has 29 heteroatoms. The second kappa shape index (κ2) is 27.3. The Bertz CT molecular complexity index is 2950. The van der Waals surface area contributed by atoms with Crippen molar-refractivity contribution >= 4 is 75.3 Å². The Hall–Kier alpha value is -4.60. The smallest absolute Gasteiger partial charge is 0.335 e. The lowest BCUT2D eigenvalue weighted by molar-refractivity contribution is -0.442. The lowest BCUT2D eigenvalue weighted by Crippen LogP contribution is -2.33. The summed E-state index contributed by atoms with van der Waals surface area (Å²) in [6.45, 7) is 6.08. The molecule has 3 heterocycles. The number of hydrogen-bond donors (Lipinski definition) is 4. The molecule has 76 heavy (non-hydrogen) atoms. The molecular weight excluding hydrogens is 1090 g/mol. The molecule has 25 nitrogen and oxygen atoms in total. The monoisotopic (exact) mass is 1150 g/mol. The van der Waals surface area contributed by atoms with Crippen LogP contribution in [0.3, 0.4) is 0 Å². The van der Waals surface area contributed by atoms with E-state index in [-0.39, 0.29) is 97.7 Å². The molecule has 2 aromatic rings. The minimum atomic E-state index is -4.77. The normalized spacial score (nSPS) is 19.7. The molecule has 2 atom stereocenters. The van der Waals surface area contributed by atoms with Gasteiger partial charge in [0.25, 0.3) is 52.3 Å². The highest BCUT2D eigenvalue weighted by Crippen LogP contribution is 2.51. The zero-order valence-corrected chi connectivity index (χ0v) is 45.6. The van der Waals surface area contributed by atoms with E-state index in [9.17, 15) is 66.3 Å². The molecule has 0 radical (unpaired) electrons. The molecule has 3 aliphatic heterocycles. The highest BCUT2D eigenvalue weighted by Gasteiger charge is 2.49. The number of methoxy groups -OCH3 is 1. The van der Waals surface area contributed by atoms with Crippen molar-refractivity contribution in [2.75, 3.05) is 109 Å². The van der Waals surface area contributed by atoms with Crippen molar-refractivity contribution in [3.05, 3.63) is 71.5 Å². The lowest BCUT2D eigenvalue weighted by atomic mass is 9.75. The van der Waals surface area contributed by atoms with E-state index in [1.165, 1.54) is 36.4 Å². The first-order chi connectivity index (χ1) is 35.7. The summed E-state index contributed by atoms with van der Waals surface area (Å²) >= 11 is 0. The van der Waals surface area contributed by atoms with Crippen LogP contribution in [0.15, 0.2) is 70.1 Å². The molecule has 2 aromatic carbocycles. The van der Waals surface area contributed by atoms with Gasteiger partial charge in [-0.1, -0.05) is 6.08 Å². The summed E-state index contributed by atoms with van der Waals surface area (Å²) < 4.78 is 173. The molecule has 3 aliphatic rings. The molecule has 0 saturated carbocycles. The first-order valence-corrected chi connectivity index (χ1v) is 30.2. The summed E-state index contributed by atoms with van der Waals surface area (Å²) in [5.41, 5.74) is 0.0948. The number of imide groups is 1. The predicted octanol–water partition coefficient (Wildman–Crippen LogP) is 2.82. The Morgan fingerprint density at radius 1 is 0.658 bits per heavy atom. The fourth-order valence-electron chi connectivity index (χ4n) is 9.12.